The van der Waals surface area contributed by atoms with E-state index >= 15 is 0 Å². The van der Waals surface area contributed by atoms with E-state index in [2.05, 4.69) is 33.7 Å². The van der Waals surface area contributed by atoms with E-state index in [1.807, 2.05) is 12.4 Å². The van der Waals surface area contributed by atoms with Gasteiger partial charge in [0.1, 0.15) is 5.82 Å². The van der Waals surface area contributed by atoms with Crippen molar-refractivity contribution in [3.63, 3.8) is 0 Å². The Morgan fingerprint density at radius 1 is 1.41 bits per heavy atom. The number of nitrogens with one attached hydrogen (secondary N) is 1. The molecule has 0 amide bonds. The summed E-state index contributed by atoms with van der Waals surface area (Å²) in [5.74, 6) is 1.16. The van der Waals surface area contributed by atoms with Crippen LogP contribution in [0.1, 0.15) is 25.6 Å². The van der Waals surface area contributed by atoms with Gasteiger partial charge in [-0.05, 0) is 32.9 Å². The van der Waals surface area contributed by atoms with Crippen molar-refractivity contribution in [1.29, 1.82) is 0 Å². The third-order valence-corrected chi connectivity index (χ3v) is 3.49. The Morgan fingerprint density at radius 3 is 2.82 bits per heavy atom. The first-order chi connectivity index (χ1) is 8.25. The number of rotatable bonds is 6. The molecular formula is C13H24N4. The summed E-state index contributed by atoms with van der Waals surface area (Å²) >= 11 is 0. The van der Waals surface area contributed by atoms with Crippen molar-refractivity contribution in [3.05, 3.63) is 18.2 Å². The smallest absolute Gasteiger partial charge is 0.109 e. The van der Waals surface area contributed by atoms with Crippen molar-refractivity contribution in [3.8, 4) is 0 Å². The molecule has 17 heavy (non-hydrogen) atoms. The van der Waals surface area contributed by atoms with E-state index in [4.69, 9.17) is 0 Å². The lowest BCUT2D eigenvalue weighted by atomic mass is 10.3. The number of likely N-dealkylation sites (tertiary alicyclic amines) is 1. The molecule has 1 atom stereocenters. The topological polar surface area (TPSA) is 33.1 Å². The molecule has 2 rings (SSSR count). The average molecular weight is 236 g/mol. The van der Waals surface area contributed by atoms with Gasteiger partial charge in [-0.25, -0.2) is 4.98 Å². The third kappa shape index (κ3) is 3.82. The number of hydrogen-bond donors (Lipinski definition) is 1. The first-order valence-corrected chi connectivity index (χ1v) is 6.67. The standard InChI is InChI=1S/C13H24N4/c1-12(11-17-8-3-4-9-17)14-6-5-13-15-7-10-16(13)2/h7,10,12,14H,3-6,8-9,11H2,1-2H3. The summed E-state index contributed by atoms with van der Waals surface area (Å²) in [7, 11) is 2.05. The van der Waals surface area contributed by atoms with E-state index in [1.54, 1.807) is 0 Å². The third-order valence-electron chi connectivity index (χ3n) is 3.49. The molecule has 0 aliphatic carbocycles. The molecule has 4 heteroatoms. The molecule has 0 aromatic carbocycles. The summed E-state index contributed by atoms with van der Waals surface area (Å²) in [5, 5.41) is 3.58. The van der Waals surface area contributed by atoms with Gasteiger partial charge >= 0.3 is 0 Å². The predicted molar refractivity (Wildman–Crippen MR) is 70.1 cm³/mol. The molecule has 1 aliphatic rings. The molecule has 0 saturated carbocycles. The van der Waals surface area contributed by atoms with Crippen molar-refractivity contribution in [2.75, 3.05) is 26.2 Å². The van der Waals surface area contributed by atoms with E-state index in [9.17, 15) is 0 Å². The highest BCUT2D eigenvalue weighted by Gasteiger charge is 2.14. The molecule has 2 heterocycles. The normalized spacial score (nSPS) is 18.7. The highest BCUT2D eigenvalue weighted by Crippen LogP contribution is 2.07. The maximum atomic E-state index is 4.33. The lowest BCUT2D eigenvalue weighted by molar-refractivity contribution is 0.299. The average Bonchev–Trinajstić information content (AvgIpc) is 2.91. The van der Waals surface area contributed by atoms with Crippen LogP contribution < -0.4 is 5.32 Å². The minimum absolute atomic E-state index is 0.577. The molecule has 4 nitrogen and oxygen atoms in total. The van der Waals surface area contributed by atoms with E-state index in [1.165, 1.54) is 32.5 Å². The summed E-state index contributed by atoms with van der Waals surface area (Å²) in [4.78, 5) is 6.88. The lowest BCUT2D eigenvalue weighted by Crippen LogP contribution is -2.38. The first kappa shape index (κ1) is 12.6. The predicted octanol–water partition coefficient (Wildman–Crippen LogP) is 1.04. The van der Waals surface area contributed by atoms with Gasteiger partial charge in [-0.2, -0.15) is 0 Å². The summed E-state index contributed by atoms with van der Waals surface area (Å²) in [5.41, 5.74) is 0. The Morgan fingerprint density at radius 2 is 2.18 bits per heavy atom. The van der Waals surface area contributed by atoms with E-state index in [-0.39, 0.29) is 0 Å². The van der Waals surface area contributed by atoms with Gasteiger partial charge < -0.3 is 14.8 Å². The fourth-order valence-electron chi connectivity index (χ4n) is 2.48. The van der Waals surface area contributed by atoms with Crippen molar-refractivity contribution in [2.45, 2.75) is 32.2 Å². The maximum absolute atomic E-state index is 4.33. The fraction of sp³-hybridized carbons (Fsp3) is 0.769. The van der Waals surface area contributed by atoms with E-state index in [0.717, 1.165) is 18.8 Å². The molecule has 1 aromatic heterocycles. The van der Waals surface area contributed by atoms with E-state index in [0.29, 0.717) is 6.04 Å². The van der Waals surface area contributed by atoms with E-state index < -0.39 is 0 Å². The Kier molecular flexibility index (Phi) is 4.57. The quantitative estimate of drug-likeness (QED) is 0.801. The second kappa shape index (κ2) is 6.17. The molecule has 0 radical (unpaired) electrons. The summed E-state index contributed by atoms with van der Waals surface area (Å²) in [6.45, 7) is 7.04. The summed E-state index contributed by atoms with van der Waals surface area (Å²) < 4.78 is 2.09. The molecule has 1 unspecified atom stereocenters. The first-order valence-electron chi connectivity index (χ1n) is 6.67. The van der Waals surface area contributed by atoms with Crippen LogP contribution in [0.5, 0.6) is 0 Å². The molecule has 1 fully saturated rings. The molecule has 1 saturated heterocycles. The number of hydrogen-bond acceptors (Lipinski definition) is 3. The minimum Gasteiger partial charge on any atom is -0.338 e. The molecule has 0 bridgehead atoms. The minimum atomic E-state index is 0.577. The second-order valence-electron chi connectivity index (χ2n) is 5.07. The van der Waals surface area contributed by atoms with Gasteiger partial charge in [-0.1, -0.05) is 0 Å². The van der Waals surface area contributed by atoms with Gasteiger partial charge in [-0.15, -0.1) is 0 Å². The van der Waals surface area contributed by atoms with Crippen LogP contribution in [0.25, 0.3) is 0 Å². The zero-order valence-electron chi connectivity index (χ0n) is 11.0. The SMILES string of the molecule is CC(CN1CCCC1)NCCc1nccn1C. The molecule has 1 aromatic rings. The molecule has 1 aliphatic heterocycles. The van der Waals surface area contributed by atoms with Crippen molar-refractivity contribution >= 4 is 0 Å². The van der Waals surface area contributed by atoms with Gasteiger partial charge in [0.15, 0.2) is 0 Å². The second-order valence-corrected chi connectivity index (χ2v) is 5.07. The Bertz CT molecular complexity index is 328. The number of aromatic nitrogens is 2. The largest absolute Gasteiger partial charge is 0.338 e. The highest BCUT2D eigenvalue weighted by molar-refractivity contribution is 4.91. The zero-order chi connectivity index (χ0) is 12.1. The van der Waals surface area contributed by atoms with Crippen LogP contribution in [-0.2, 0) is 13.5 Å². The Balaban J connectivity index is 1.62. The highest BCUT2D eigenvalue weighted by atomic mass is 15.2. The van der Waals surface area contributed by atoms with Crippen LogP contribution in [0.3, 0.4) is 0 Å². The monoisotopic (exact) mass is 236 g/mol. The summed E-state index contributed by atoms with van der Waals surface area (Å²) in [6.07, 6.45) is 7.62. The Labute approximate surface area is 104 Å². The van der Waals surface area contributed by atoms with Crippen LogP contribution in [-0.4, -0.2) is 46.7 Å². The fourth-order valence-corrected chi connectivity index (χ4v) is 2.48. The van der Waals surface area contributed by atoms with Crippen LogP contribution >= 0.6 is 0 Å². The van der Waals surface area contributed by atoms with Gasteiger partial charge in [-0.3, -0.25) is 0 Å². The molecule has 1 N–H and O–H groups in total. The van der Waals surface area contributed by atoms with Crippen molar-refractivity contribution < 1.29 is 0 Å². The number of nitrogens with zero attached hydrogens (tertiary/aromatic N) is 3. The molecule has 0 spiro atoms. The summed E-state index contributed by atoms with van der Waals surface area (Å²) in [6, 6.07) is 0.577. The van der Waals surface area contributed by atoms with Gasteiger partial charge in [0.2, 0.25) is 0 Å². The van der Waals surface area contributed by atoms with Gasteiger partial charge in [0.05, 0.1) is 0 Å². The van der Waals surface area contributed by atoms with Crippen LogP contribution in [0.2, 0.25) is 0 Å². The van der Waals surface area contributed by atoms with Crippen molar-refractivity contribution in [1.82, 2.24) is 19.8 Å². The number of aryl methyl sites for hydroxylation is 1. The van der Waals surface area contributed by atoms with Crippen LogP contribution in [0.15, 0.2) is 12.4 Å². The molecule has 96 valence electrons. The van der Waals surface area contributed by atoms with Gasteiger partial charge in [0, 0.05) is 45.0 Å². The van der Waals surface area contributed by atoms with Crippen molar-refractivity contribution in [2.24, 2.45) is 7.05 Å². The lowest BCUT2D eigenvalue weighted by Gasteiger charge is -2.21. The maximum Gasteiger partial charge on any atom is 0.109 e. The van der Waals surface area contributed by atoms with Crippen LogP contribution in [0, 0.1) is 0 Å². The Hall–Kier alpha value is -0.870. The number of imidazole rings is 1. The molecular weight excluding hydrogens is 212 g/mol. The zero-order valence-corrected chi connectivity index (χ0v) is 11.0. The van der Waals surface area contributed by atoms with Crippen LogP contribution in [0.4, 0.5) is 0 Å². The van der Waals surface area contributed by atoms with Gasteiger partial charge in [0.25, 0.3) is 0 Å².